The minimum absolute atomic E-state index is 0.0573. The molecule has 12 heteroatoms. The summed E-state index contributed by atoms with van der Waals surface area (Å²) in [6.07, 6.45) is 2.07. The molecule has 0 fully saturated rings. The largest absolute Gasteiger partial charge is 0.353 e. The number of nitrogens with zero attached hydrogens (tertiary/aromatic N) is 4. The number of amides is 2. The first-order valence-electron chi connectivity index (χ1n) is 14.5. The van der Waals surface area contributed by atoms with E-state index in [1.165, 1.54) is 23.5 Å². The second-order valence-corrected chi connectivity index (χ2v) is 12.3. The van der Waals surface area contributed by atoms with Gasteiger partial charge in [0.2, 0.25) is 11.8 Å². The van der Waals surface area contributed by atoms with Crippen LogP contribution in [0.25, 0.3) is 21.8 Å². The molecule has 4 rings (SSSR count). The Morgan fingerprint density at radius 3 is 1.51 bits per heavy atom. The van der Waals surface area contributed by atoms with Crippen LogP contribution in [0.15, 0.2) is 68.4 Å². The van der Waals surface area contributed by atoms with Crippen LogP contribution in [-0.4, -0.2) is 54.5 Å². The summed E-state index contributed by atoms with van der Waals surface area (Å²) in [5.74, 6) is 0.00740. The molecule has 2 heterocycles. The molecular weight excluding hydrogens is 585 g/mol. The fourth-order valence-electron chi connectivity index (χ4n) is 4.39. The van der Waals surface area contributed by atoms with Crippen molar-refractivity contribution in [2.45, 2.75) is 82.4 Å². The Bertz CT molecular complexity index is 1600. The quantitative estimate of drug-likeness (QED) is 0.158. The van der Waals surface area contributed by atoms with E-state index >= 15 is 0 Å². The average molecular weight is 623 g/mol. The van der Waals surface area contributed by atoms with Gasteiger partial charge in [0.1, 0.15) is 0 Å². The fourth-order valence-corrected chi connectivity index (χ4v) is 6.07. The van der Waals surface area contributed by atoms with Crippen LogP contribution in [0, 0.1) is 0 Å². The van der Waals surface area contributed by atoms with Crippen molar-refractivity contribution in [1.82, 2.24) is 29.7 Å². The topological polar surface area (TPSA) is 128 Å². The summed E-state index contributed by atoms with van der Waals surface area (Å²) in [4.78, 5) is 61.5. The monoisotopic (exact) mass is 622 g/mol. The summed E-state index contributed by atoms with van der Waals surface area (Å²) >= 11 is 2.44. The summed E-state index contributed by atoms with van der Waals surface area (Å²) in [6.45, 7) is 8.46. The van der Waals surface area contributed by atoms with Crippen LogP contribution in [-0.2, 0) is 22.7 Å². The molecule has 0 saturated heterocycles. The Hall–Kier alpha value is -3.64. The van der Waals surface area contributed by atoms with Gasteiger partial charge in [0.15, 0.2) is 10.3 Å². The summed E-state index contributed by atoms with van der Waals surface area (Å²) < 4.78 is 3.16. The van der Waals surface area contributed by atoms with Gasteiger partial charge in [0.25, 0.3) is 11.1 Å². The number of nitrogens with one attached hydrogen (secondary N) is 2. The first-order valence-corrected chi connectivity index (χ1v) is 16.5. The molecule has 228 valence electrons. The third-order valence-electron chi connectivity index (χ3n) is 7.12. The van der Waals surface area contributed by atoms with Crippen LogP contribution < -0.4 is 21.8 Å². The van der Waals surface area contributed by atoms with Crippen molar-refractivity contribution >= 4 is 57.1 Å². The third kappa shape index (κ3) is 8.26. The van der Waals surface area contributed by atoms with Crippen molar-refractivity contribution in [1.29, 1.82) is 0 Å². The molecule has 2 atom stereocenters. The molecule has 0 bridgehead atoms. The minimum atomic E-state index is -0.198. The van der Waals surface area contributed by atoms with Gasteiger partial charge in [-0.15, -0.1) is 0 Å². The van der Waals surface area contributed by atoms with Gasteiger partial charge in [0, 0.05) is 25.2 Å². The maximum Gasteiger partial charge on any atom is 0.262 e. The molecule has 0 radical (unpaired) electrons. The SMILES string of the molecule is CC[C@@H](C)NC(=O)CSc1nc2ccccc2c(=O)n1CCCn1c(SCC(=O)N[C@@H](C)CC)nc2ccccc2c1=O. The van der Waals surface area contributed by atoms with Crippen LogP contribution in [0.5, 0.6) is 0 Å². The number of hydrogen-bond donors (Lipinski definition) is 2. The lowest BCUT2D eigenvalue weighted by molar-refractivity contribution is -0.120. The zero-order valence-corrected chi connectivity index (χ0v) is 26.6. The predicted molar refractivity (Wildman–Crippen MR) is 174 cm³/mol. The van der Waals surface area contributed by atoms with Gasteiger partial charge in [-0.05, 0) is 57.4 Å². The van der Waals surface area contributed by atoms with Crippen molar-refractivity contribution in [3.05, 3.63) is 69.2 Å². The van der Waals surface area contributed by atoms with E-state index in [1.807, 2.05) is 39.8 Å². The lowest BCUT2D eigenvalue weighted by Gasteiger charge is -2.16. The highest BCUT2D eigenvalue weighted by atomic mass is 32.2. The number of rotatable bonds is 14. The first-order chi connectivity index (χ1) is 20.7. The smallest absolute Gasteiger partial charge is 0.262 e. The van der Waals surface area contributed by atoms with Gasteiger partial charge in [-0.3, -0.25) is 28.3 Å². The molecule has 10 nitrogen and oxygen atoms in total. The van der Waals surface area contributed by atoms with Crippen LogP contribution in [0.2, 0.25) is 0 Å². The first kappa shape index (κ1) is 32.3. The van der Waals surface area contributed by atoms with E-state index in [2.05, 4.69) is 10.6 Å². The highest BCUT2D eigenvalue weighted by molar-refractivity contribution is 8.00. The maximum atomic E-state index is 13.5. The van der Waals surface area contributed by atoms with E-state index in [9.17, 15) is 19.2 Å². The Labute approximate surface area is 259 Å². The van der Waals surface area contributed by atoms with E-state index in [-0.39, 0.29) is 59.6 Å². The molecule has 2 aromatic carbocycles. The van der Waals surface area contributed by atoms with Crippen LogP contribution in [0.1, 0.15) is 47.0 Å². The Morgan fingerprint density at radius 2 is 1.12 bits per heavy atom. The summed E-state index contributed by atoms with van der Waals surface area (Å²) in [5.41, 5.74) is 0.738. The summed E-state index contributed by atoms with van der Waals surface area (Å²) in [5, 5.41) is 7.77. The number of thioether (sulfide) groups is 2. The van der Waals surface area contributed by atoms with E-state index in [0.29, 0.717) is 38.5 Å². The second kappa shape index (κ2) is 15.2. The Balaban J connectivity index is 1.59. The van der Waals surface area contributed by atoms with Gasteiger partial charge >= 0.3 is 0 Å². The lowest BCUT2D eigenvalue weighted by atomic mass is 10.2. The molecule has 2 amide bonds. The normalized spacial score (nSPS) is 12.7. The van der Waals surface area contributed by atoms with Gasteiger partial charge in [-0.25, -0.2) is 9.97 Å². The third-order valence-corrected chi connectivity index (χ3v) is 9.07. The molecule has 43 heavy (non-hydrogen) atoms. The summed E-state index contributed by atoms with van der Waals surface area (Å²) in [6, 6.07) is 14.4. The molecule has 0 aliphatic rings. The zero-order valence-electron chi connectivity index (χ0n) is 25.0. The number of benzene rings is 2. The number of carbonyl (C=O) groups excluding carboxylic acids is 2. The lowest BCUT2D eigenvalue weighted by Crippen LogP contribution is -2.33. The highest BCUT2D eigenvalue weighted by Gasteiger charge is 2.17. The number of carbonyl (C=O) groups is 2. The molecule has 0 unspecified atom stereocenters. The number of hydrogen-bond acceptors (Lipinski definition) is 8. The number of fused-ring (bicyclic) bond motifs is 2. The molecular formula is C31H38N6O4S2. The molecule has 0 spiro atoms. The van der Waals surface area contributed by atoms with Crippen molar-refractivity contribution in [3.63, 3.8) is 0 Å². The number of aromatic nitrogens is 4. The molecule has 2 aromatic heterocycles. The predicted octanol–water partition coefficient (Wildman–Crippen LogP) is 4.21. The van der Waals surface area contributed by atoms with Crippen molar-refractivity contribution < 1.29 is 9.59 Å². The molecule has 2 N–H and O–H groups in total. The Morgan fingerprint density at radius 1 is 0.721 bits per heavy atom. The van der Waals surface area contributed by atoms with Crippen LogP contribution in [0.3, 0.4) is 0 Å². The molecule has 0 aliphatic heterocycles. The van der Waals surface area contributed by atoms with E-state index in [0.717, 1.165) is 12.8 Å². The maximum absolute atomic E-state index is 13.5. The summed E-state index contributed by atoms with van der Waals surface area (Å²) in [7, 11) is 0. The van der Waals surface area contributed by atoms with Gasteiger partial charge in [-0.2, -0.15) is 0 Å². The van der Waals surface area contributed by atoms with Crippen molar-refractivity contribution in [2.24, 2.45) is 0 Å². The molecule has 4 aromatic rings. The van der Waals surface area contributed by atoms with Gasteiger partial charge in [-0.1, -0.05) is 61.6 Å². The van der Waals surface area contributed by atoms with Crippen LogP contribution >= 0.6 is 23.5 Å². The minimum Gasteiger partial charge on any atom is -0.353 e. The highest BCUT2D eigenvalue weighted by Crippen LogP contribution is 2.20. The number of para-hydroxylation sites is 2. The van der Waals surface area contributed by atoms with E-state index in [1.54, 1.807) is 45.5 Å². The van der Waals surface area contributed by atoms with Crippen LogP contribution in [0.4, 0.5) is 0 Å². The zero-order chi connectivity index (χ0) is 30.9. The van der Waals surface area contributed by atoms with Gasteiger partial charge in [0.05, 0.1) is 33.3 Å². The Kier molecular flexibility index (Phi) is 11.4. The molecule has 0 aliphatic carbocycles. The average Bonchev–Trinajstić information content (AvgIpc) is 3.01. The van der Waals surface area contributed by atoms with Crippen molar-refractivity contribution in [2.75, 3.05) is 11.5 Å². The standard InChI is InChI=1S/C31H38N6O4S2/c1-5-20(3)32-26(38)18-42-30-34-24-14-9-7-12-22(24)28(40)36(30)16-11-17-37-29(41)23-13-8-10-15-25(23)35-31(37)43-19-27(39)33-21(4)6-2/h7-10,12-15,20-21H,5-6,11,16-19H2,1-4H3,(H,32,38)(H,33,39)/t20-,21+. The van der Waals surface area contributed by atoms with Crippen molar-refractivity contribution in [3.8, 4) is 0 Å². The molecule has 0 saturated carbocycles. The van der Waals surface area contributed by atoms with E-state index in [4.69, 9.17) is 9.97 Å². The van der Waals surface area contributed by atoms with E-state index < -0.39 is 0 Å². The van der Waals surface area contributed by atoms with Gasteiger partial charge < -0.3 is 10.6 Å². The fraction of sp³-hybridized carbons (Fsp3) is 0.419. The second-order valence-electron chi connectivity index (χ2n) is 10.4.